The number of nitrogens with zero attached hydrogens (tertiary/aromatic N) is 2. The van der Waals surface area contributed by atoms with Gasteiger partial charge in [-0.1, -0.05) is 30.3 Å². The SMILES string of the molecule is Cc1occc1C(=O)N1CC[C@H](N(C)Cc2ccccc2)C[C@@H]1C(=O)O. The second-order valence-electron chi connectivity index (χ2n) is 6.82. The number of likely N-dealkylation sites (tertiary alicyclic amines) is 1. The highest BCUT2D eigenvalue weighted by Crippen LogP contribution is 2.25. The van der Waals surface area contributed by atoms with Crippen LogP contribution in [-0.2, 0) is 11.3 Å². The zero-order valence-electron chi connectivity index (χ0n) is 15.1. The van der Waals surface area contributed by atoms with Crippen LogP contribution < -0.4 is 0 Å². The van der Waals surface area contributed by atoms with Gasteiger partial charge in [-0.15, -0.1) is 0 Å². The molecule has 0 radical (unpaired) electrons. The van der Waals surface area contributed by atoms with Crippen LogP contribution in [0.25, 0.3) is 0 Å². The molecule has 2 heterocycles. The van der Waals surface area contributed by atoms with E-state index in [1.165, 1.54) is 16.7 Å². The average Bonchev–Trinajstić information content (AvgIpc) is 3.07. The van der Waals surface area contributed by atoms with Crippen LogP contribution in [-0.4, -0.2) is 52.5 Å². The molecule has 0 spiro atoms. The Hall–Kier alpha value is -2.60. The van der Waals surface area contributed by atoms with Crippen molar-refractivity contribution in [1.82, 2.24) is 9.80 Å². The Morgan fingerprint density at radius 1 is 1.27 bits per heavy atom. The van der Waals surface area contributed by atoms with Gasteiger partial charge in [-0.25, -0.2) is 4.79 Å². The van der Waals surface area contributed by atoms with Crippen LogP contribution in [0.4, 0.5) is 0 Å². The summed E-state index contributed by atoms with van der Waals surface area (Å²) in [5.41, 5.74) is 1.63. The van der Waals surface area contributed by atoms with E-state index in [-0.39, 0.29) is 11.9 Å². The van der Waals surface area contributed by atoms with Gasteiger partial charge in [0.05, 0.1) is 11.8 Å². The molecular weight excluding hydrogens is 332 g/mol. The number of furan rings is 1. The molecule has 2 atom stereocenters. The maximum absolute atomic E-state index is 12.8. The molecular formula is C20H24N2O4. The van der Waals surface area contributed by atoms with E-state index in [0.717, 1.165) is 13.0 Å². The minimum atomic E-state index is -0.961. The summed E-state index contributed by atoms with van der Waals surface area (Å²) in [6.45, 7) is 2.89. The first kappa shape index (κ1) is 18.2. The van der Waals surface area contributed by atoms with Crippen molar-refractivity contribution in [3.63, 3.8) is 0 Å². The van der Waals surface area contributed by atoms with E-state index in [0.29, 0.717) is 24.3 Å². The predicted molar refractivity (Wildman–Crippen MR) is 96.8 cm³/mol. The number of carboxylic acids is 1. The Kier molecular flexibility index (Phi) is 5.42. The van der Waals surface area contributed by atoms with Crippen LogP contribution in [0.2, 0.25) is 0 Å². The largest absolute Gasteiger partial charge is 0.480 e. The summed E-state index contributed by atoms with van der Waals surface area (Å²) in [6.07, 6.45) is 2.62. The summed E-state index contributed by atoms with van der Waals surface area (Å²) >= 11 is 0. The third-order valence-corrected chi connectivity index (χ3v) is 5.11. The van der Waals surface area contributed by atoms with Gasteiger partial charge in [0, 0.05) is 19.1 Å². The highest BCUT2D eigenvalue weighted by Gasteiger charge is 2.38. The lowest BCUT2D eigenvalue weighted by atomic mass is 9.94. The lowest BCUT2D eigenvalue weighted by Crippen LogP contribution is -2.54. The Morgan fingerprint density at radius 2 is 2.00 bits per heavy atom. The van der Waals surface area contributed by atoms with E-state index in [1.807, 2.05) is 25.2 Å². The number of carbonyl (C=O) groups is 2. The van der Waals surface area contributed by atoms with Crippen molar-refractivity contribution in [2.45, 2.75) is 38.4 Å². The number of hydrogen-bond acceptors (Lipinski definition) is 4. The Bertz CT molecular complexity index is 771. The molecule has 0 bridgehead atoms. The number of aryl methyl sites for hydroxylation is 1. The first-order chi connectivity index (χ1) is 12.5. The molecule has 2 aromatic rings. The molecule has 1 amide bonds. The van der Waals surface area contributed by atoms with E-state index >= 15 is 0 Å². The highest BCUT2D eigenvalue weighted by molar-refractivity contribution is 5.97. The number of piperidine rings is 1. The van der Waals surface area contributed by atoms with E-state index in [9.17, 15) is 14.7 Å². The number of amides is 1. The maximum Gasteiger partial charge on any atom is 0.326 e. The first-order valence-electron chi connectivity index (χ1n) is 8.79. The van der Waals surface area contributed by atoms with Crippen molar-refractivity contribution >= 4 is 11.9 Å². The van der Waals surface area contributed by atoms with E-state index in [2.05, 4.69) is 17.0 Å². The Balaban J connectivity index is 1.71. The van der Waals surface area contributed by atoms with Crippen LogP contribution in [0.3, 0.4) is 0 Å². The zero-order valence-corrected chi connectivity index (χ0v) is 15.1. The van der Waals surface area contributed by atoms with Crippen LogP contribution in [0, 0.1) is 6.92 Å². The fourth-order valence-electron chi connectivity index (χ4n) is 3.59. The zero-order chi connectivity index (χ0) is 18.7. The van der Waals surface area contributed by atoms with Crippen molar-refractivity contribution in [3.05, 3.63) is 59.5 Å². The summed E-state index contributed by atoms with van der Waals surface area (Å²) in [7, 11) is 2.01. The number of hydrogen-bond donors (Lipinski definition) is 1. The Morgan fingerprint density at radius 3 is 2.62 bits per heavy atom. The van der Waals surface area contributed by atoms with E-state index < -0.39 is 12.0 Å². The smallest absolute Gasteiger partial charge is 0.326 e. The molecule has 1 saturated heterocycles. The number of rotatable bonds is 5. The van der Waals surface area contributed by atoms with Gasteiger partial charge in [0.1, 0.15) is 11.8 Å². The van der Waals surface area contributed by atoms with Crippen LogP contribution in [0.15, 0.2) is 47.1 Å². The van der Waals surface area contributed by atoms with Crippen molar-refractivity contribution in [1.29, 1.82) is 0 Å². The van der Waals surface area contributed by atoms with Crippen LogP contribution in [0.5, 0.6) is 0 Å². The minimum absolute atomic E-state index is 0.116. The fourth-order valence-corrected chi connectivity index (χ4v) is 3.59. The highest BCUT2D eigenvalue weighted by atomic mass is 16.4. The van der Waals surface area contributed by atoms with Gasteiger partial charge in [-0.2, -0.15) is 0 Å². The normalized spacial score (nSPS) is 20.3. The van der Waals surface area contributed by atoms with E-state index in [1.54, 1.807) is 13.0 Å². The molecule has 0 unspecified atom stereocenters. The van der Waals surface area contributed by atoms with Gasteiger partial charge in [0.25, 0.3) is 5.91 Å². The molecule has 0 aliphatic carbocycles. The molecule has 6 nitrogen and oxygen atoms in total. The number of carbonyl (C=O) groups excluding carboxylic acids is 1. The van der Waals surface area contributed by atoms with E-state index in [4.69, 9.17) is 4.42 Å². The third kappa shape index (κ3) is 3.80. The second-order valence-corrected chi connectivity index (χ2v) is 6.82. The molecule has 1 aromatic heterocycles. The first-order valence-corrected chi connectivity index (χ1v) is 8.79. The quantitative estimate of drug-likeness (QED) is 0.892. The monoisotopic (exact) mass is 356 g/mol. The van der Waals surface area contributed by atoms with Gasteiger partial charge in [0.2, 0.25) is 0 Å². The lowest BCUT2D eigenvalue weighted by Gasteiger charge is -2.40. The topological polar surface area (TPSA) is 74.0 Å². The van der Waals surface area contributed by atoms with Gasteiger partial charge < -0.3 is 14.4 Å². The lowest BCUT2D eigenvalue weighted by molar-refractivity contribution is -0.144. The molecule has 1 N–H and O–H groups in total. The summed E-state index contributed by atoms with van der Waals surface area (Å²) in [5.74, 6) is -0.715. The van der Waals surface area contributed by atoms with Crippen LogP contribution >= 0.6 is 0 Å². The summed E-state index contributed by atoms with van der Waals surface area (Å²) in [4.78, 5) is 28.2. The molecule has 1 fully saturated rings. The fraction of sp³-hybridized carbons (Fsp3) is 0.400. The summed E-state index contributed by atoms with van der Waals surface area (Å²) in [6, 6.07) is 11.0. The minimum Gasteiger partial charge on any atom is -0.480 e. The van der Waals surface area contributed by atoms with Crippen molar-refractivity contribution in [2.24, 2.45) is 0 Å². The summed E-state index contributed by atoms with van der Waals surface area (Å²) < 4.78 is 5.19. The molecule has 6 heteroatoms. The standard InChI is InChI=1S/C20H24N2O4/c1-14-17(9-11-26-14)19(23)22-10-8-16(12-18(22)20(24)25)21(2)13-15-6-4-3-5-7-15/h3-7,9,11,16,18H,8,10,12-13H2,1-2H3,(H,24,25)/t16-,18+/m0/s1. The molecule has 1 aliphatic rings. The van der Waals surface area contributed by atoms with Crippen molar-refractivity contribution in [2.75, 3.05) is 13.6 Å². The van der Waals surface area contributed by atoms with Crippen molar-refractivity contribution in [3.8, 4) is 0 Å². The maximum atomic E-state index is 12.8. The average molecular weight is 356 g/mol. The summed E-state index contributed by atoms with van der Waals surface area (Å²) in [5, 5.41) is 9.68. The number of carboxylic acid groups (broad SMARTS) is 1. The van der Waals surface area contributed by atoms with Gasteiger partial charge in [-0.3, -0.25) is 9.69 Å². The van der Waals surface area contributed by atoms with Gasteiger partial charge >= 0.3 is 5.97 Å². The molecule has 1 aliphatic heterocycles. The number of benzene rings is 1. The number of aliphatic carboxylic acids is 1. The predicted octanol–water partition coefficient (Wildman–Crippen LogP) is 2.78. The third-order valence-electron chi connectivity index (χ3n) is 5.11. The van der Waals surface area contributed by atoms with Gasteiger partial charge in [-0.05, 0) is 38.4 Å². The Labute approximate surface area is 153 Å². The molecule has 138 valence electrons. The molecule has 1 aromatic carbocycles. The van der Waals surface area contributed by atoms with Gasteiger partial charge in [0.15, 0.2) is 0 Å². The van der Waals surface area contributed by atoms with Crippen LogP contribution in [0.1, 0.15) is 34.5 Å². The molecule has 0 saturated carbocycles. The van der Waals surface area contributed by atoms with Crippen molar-refractivity contribution < 1.29 is 19.1 Å². The second kappa shape index (κ2) is 7.74. The molecule has 26 heavy (non-hydrogen) atoms. The molecule has 3 rings (SSSR count).